The Morgan fingerprint density at radius 1 is 1.11 bits per heavy atom. The van der Waals surface area contributed by atoms with Crippen LogP contribution in [0.3, 0.4) is 0 Å². The van der Waals surface area contributed by atoms with E-state index in [9.17, 15) is 18.0 Å². The molecule has 0 saturated heterocycles. The Hall–Kier alpha value is -3.19. The van der Waals surface area contributed by atoms with Gasteiger partial charge in [0.2, 0.25) is 15.9 Å². The summed E-state index contributed by atoms with van der Waals surface area (Å²) in [5, 5.41) is 0. The summed E-state index contributed by atoms with van der Waals surface area (Å²) in [4.78, 5) is 23.0. The van der Waals surface area contributed by atoms with Gasteiger partial charge in [-0.2, -0.15) is 0 Å². The normalized spacial score (nSPS) is 16.7. The molecular formula is C21H19NO5S. The zero-order chi connectivity index (χ0) is 20.1. The topological polar surface area (TPSA) is 89.5 Å². The first-order chi connectivity index (χ1) is 13.4. The maximum atomic E-state index is 12.2. The highest BCUT2D eigenvalue weighted by Gasteiger charge is 2.32. The molecule has 0 aliphatic carbocycles. The number of hydrogen-bond donors (Lipinski definition) is 1. The van der Waals surface area contributed by atoms with Crippen molar-refractivity contribution < 1.29 is 22.7 Å². The van der Waals surface area contributed by atoms with Crippen molar-refractivity contribution in [3.63, 3.8) is 0 Å². The van der Waals surface area contributed by atoms with Gasteiger partial charge < -0.3 is 4.74 Å². The quantitative estimate of drug-likeness (QED) is 0.757. The van der Waals surface area contributed by atoms with Gasteiger partial charge in [-0.1, -0.05) is 66.7 Å². The largest absolute Gasteiger partial charge is 0.433 e. The molecule has 1 unspecified atom stereocenters. The molecule has 0 bridgehead atoms. The number of esters is 1. The Morgan fingerprint density at radius 2 is 1.79 bits per heavy atom. The first-order valence-electron chi connectivity index (χ1n) is 8.59. The lowest BCUT2D eigenvalue weighted by atomic mass is 9.88. The van der Waals surface area contributed by atoms with Crippen LogP contribution in [0.15, 0.2) is 66.9 Å². The molecule has 1 heterocycles. The Bertz CT molecular complexity index is 1040. The molecule has 1 atom stereocenters. The fraction of sp³-hybridized carbons (Fsp3) is 0.143. The lowest BCUT2D eigenvalue weighted by Crippen LogP contribution is -2.29. The number of benzene rings is 2. The third kappa shape index (κ3) is 4.75. The summed E-state index contributed by atoms with van der Waals surface area (Å²) < 4.78 is 30.3. The fourth-order valence-corrected chi connectivity index (χ4v) is 3.81. The monoisotopic (exact) mass is 397 g/mol. The van der Waals surface area contributed by atoms with Gasteiger partial charge in [0.05, 0.1) is 12.0 Å². The second kappa shape index (κ2) is 8.22. The minimum Gasteiger partial charge on any atom is -0.433 e. The van der Waals surface area contributed by atoms with Crippen LogP contribution in [0.2, 0.25) is 0 Å². The molecule has 1 N–H and O–H groups in total. The summed E-state index contributed by atoms with van der Waals surface area (Å²) in [6.45, 7) is 1.15. The molecule has 6 nitrogen and oxygen atoms in total. The van der Waals surface area contributed by atoms with Crippen molar-refractivity contribution in [1.82, 2.24) is 4.72 Å². The molecule has 0 fully saturated rings. The van der Waals surface area contributed by atoms with E-state index < -0.39 is 21.8 Å². The van der Waals surface area contributed by atoms with E-state index in [2.05, 4.69) is 0 Å². The number of carbonyl (C=O) groups is 2. The minimum atomic E-state index is -3.67. The standard InChI is InChI=1S/C21H19NO5S/c1-15(23)22-28(25,26)13-5-6-16-9-11-17(12-10-16)19-14-27-21(24)20(19)18-7-3-2-4-8-18/h2-12,14,20H,13H2,1H3,(H,22,23). The molecule has 7 heteroatoms. The zero-order valence-corrected chi connectivity index (χ0v) is 16.0. The minimum absolute atomic E-state index is 0.294. The van der Waals surface area contributed by atoms with Gasteiger partial charge in [-0.15, -0.1) is 0 Å². The second-order valence-electron chi connectivity index (χ2n) is 6.32. The van der Waals surface area contributed by atoms with Crippen molar-refractivity contribution in [1.29, 1.82) is 0 Å². The number of amides is 1. The van der Waals surface area contributed by atoms with Gasteiger partial charge in [-0.25, -0.2) is 8.42 Å². The molecule has 144 valence electrons. The van der Waals surface area contributed by atoms with Crippen LogP contribution >= 0.6 is 0 Å². The van der Waals surface area contributed by atoms with Gasteiger partial charge in [0.15, 0.2) is 0 Å². The van der Waals surface area contributed by atoms with Crippen molar-refractivity contribution in [2.75, 3.05) is 5.75 Å². The number of cyclic esters (lactones) is 1. The third-order valence-electron chi connectivity index (χ3n) is 4.15. The Labute approximate surface area is 163 Å². The van der Waals surface area contributed by atoms with E-state index in [-0.39, 0.29) is 11.7 Å². The Balaban J connectivity index is 1.73. The van der Waals surface area contributed by atoms with Crippen LogP contribution in [0.25, 0.3) is 11.6 Å². The van der Waals surface area contributed by atoms with Crippen LogP contribution in [0.1, 0.15) is 29.5 Å². The summed E-state index contributed by atoms with van der Waals surface area (Å²) >= 11 is 0. The average molecular weight is 397 g/mol. The van der Waals surface area contributed by atoms with Crippen molar-refractivity contribution >= 4 is 33.5 Å². The highest BCUT2D eigenvalue weighted by Crippen LogP contribution is 2.37. The van der Waals surface area contributed by atoms with E-state index in [1.807, 2.05) is 59.3 Å². The number of carbonyl (C=O) groups excluding carboxylic acids is 2. The number of rotatable bonds is 6. The van der Waals surface area contributed by atoms with Crippen LogP contribution in [-0.2, 0) is 24.3 Å². The molecule has 0 spiro atoms. The van der Waals surface area contributed by atoms with Crippen LogP contribution in [0.4, 0.5) is 0 Å². The lowest BCUT2D eigenvalue weighted by Gasteiger charge is -2.12. The van der Waals surface area contributed by atoms with E-state index >= 15 is 0 Å². The number of sulfonamides is 1. The van der Waals surface area contributed by atoms with E-state index in [0.29, 0.717) is 0 Å². The molecule has 0 aromatic heterocycles. The first-order valence-corrected chi connectivity index (χ1v) is 10.2. The van der Waals surface area contributed by atoms with Crippen molar-refractivity contribution in [3.05, 3.63) is 83.6 Å². The Kier molecular flexibility index (Phi) is 5.75. The molecule has 0 radical (unpaired) electrons. The SMILES string of the molecule is CC(=O)NS(=O)(=O)CC=Cc1ccc(C2=COC(=O)C2c2ccccc2)cc1. The first kappa shape index (κ1) is 19.6. The van der Waals surface area contributed by atoms with Gasteiger partial charge in [0.25, 0.3) is 0 Å². The molecule has 28 heavy (non-hydrogen) atoms. The summed E-state index contributed by atoms with van der Waals surface area (Å²) in [6, 6.07) is 16.8. The van der Waals surface area contributed by atoms with Gasteiger partial charge >= 0.3 is 5.97 Å². The van der Waals surface area contributed by atoms with Gasteiger partial charge in [0.1, 0.15) is 5.92 Å². The van der Waals surface area contributed by atoms with Crippen LogP contribution in [0, 0.1) is 0 Å². The number of hydrogen-bond acceptors (Lipinski definition) is 5. The highest BCUT2D eigenvalue weighted by atomic mass is 32.2. The molecule has 1 amide bonds. The summed E-state index contributed by atoms with van der Waals surface area (Å²) in [5.74, 6) is -1.69. The van der Waals surface area contributed by atoms with Crippen molar-refractivity contribution in [3.8, 4) is 0 Å². The molecule has 0 saturated carbocycles. The van der Waals surface area contributed by atoms with Crippen LogP contribution in [-0.4, -0.2) is 26.0 Å². The van der Waals surface area contributed by atoms with Crippen molar-refractivity contribution in [2.24, 2.45) is 0 Å². The third-order valence-corrected chi connectivity index (χ3v) is 5.38. The molecule has 2 aromatic carbocycles. The molecular weight excluding hydrogens is 378 g/mol. The smallest absolute Gasteiger partial charge is 0.322 e. The van der Waals surface area contributed by atoms with Crippen LogP contribution < -0.4 is 4.72 Å². The zero-order valence-electron chi connectivity index (χ0n) is 15.2. The predicted octanol–water partition coefficient (Wildman–Crippen LogP) is 2.85. The van der Waals surface area contributed by atoms with Gasteiger partial charge in [-0.05, 0) is 16.7 Å². The average Bonchev–Trinajstić information content (AvgIpc) is 3.03. The van der Waals surface area contributed by atoms with E-state index in [1.54, 1.807) is 6.08 Å². The maximum absolute atomic E-state index is 12.2. The fourth-order valence-electron chi connectivity index (χ4n) is 2.94. The van der Waals surface area contributed by atoms with Crippen LogP contribution in [0.5, 0.6) is 0 Å². The van der Waals surface area contributed by atoms with E-state index in [4.69, 9.17) is 4.74 Å². The molecule has 3 rings (SSSR count). The second-order valence-corrected chi connectivity index (χ2v) is 8.08. The molecule has 1 aliphatic heterocycles. The number of nitrogens with one attached hydrogen (secondary N) is 1. The highest BCUT2D eigenvalue weighted by molar-refractivity contribution is 7.90. The van der Waals surface area contributed by atoms with Crippen molar-refractivity contribution in [2.45, 2.75) is 12.8 Å². The maximum Gasteiger partial charge on any atom is 0.322 e. The Morgan fingerprint density at radius 3 is 2.43 bits per heavy atom. The molecule has 2 aromatic rings. The summed E-state index contributed by atoms with van der Waals surface area (Å²) in [6.07, 6.45) is 4.60. The van der Waals surface area contributed by atoms with Gasteiger partial charge in [0, 0.05) is 12.5 Å². The predicted molar refractivity (Wildman–Crippen MR) is 106 cm³/mol. The summed E-state index contributed by atoms with van der Waals surface area (Å²) in [5.41, 5.74) is 3.29. The molecule has 1 aliphatic rings. The van der Waals surface area contributed by atoms with Gasteiger partial charge in [-0.3, -0.25) is 14.3 Å². The van der Waals surface area contributed by atoms with E-state index in [0.717, 1.165) is 29.2 Å². The van der Waals surface area contributed by atoms with E-state index in [1.165, 1.54) is 12.3 Å². The lowest BCUT2D eigenvalue weighted by molar-refractivity contribution is -0.136. The number of ether oxygens (including phenoxy) is 1. The summed E-state index contributed by atoms with van der Waals surface area (Å²) in [7, 11) is -3.67.